The Morgan fingerprint density at radius 2 is 1.67 bits per heavy atom. The lowest BCUT2D eigenvalue weighted by Crippen LogP contribution is -2.04. The number of rotatable bonds is 2. The summed E-state index contributed by atoms with van der Waals surface area (Å²) < 4.78 is 0.765. The summed E-state index contributed by atoms with van der Waals surface area (Å²) >= 11 is 3.39. The van der Waals surface area contributed by atoms with Crippen LogP contribution < -0.4 is 5.73 Å². The molecule has 0 aliphatic heterocycles. The Labute approximate surface area is 115 Å². The van der Waals surface area contributed by atoms with Gasteiger partial charge in [-0.1, -0.05) is 33.1 Å². The van der Waals surface area contributed by atoms with E-state index in [1.807, 2.05) is 32.0 Å². The fourth-order valence-electron chi connectivity index (χ4n) is 1.98. The van der Waals surface area contributed by atoms with E-state index < -0.39 is 0 Å². The average molecular weight is 304 g/mol. The van der Waals surface area contributed by atoms with Crippen LogP contribution in [0, 0.1) is 13.8 Å². The van der Waals surface area contributed by atoms with Crippen molar-refractivity contribution < 1.29 is 4.79 Å². The van der Waals surface area contributed by atoms with E-state index in [2.05, 4.69) is 15.9 Å². The normalized spacial score (nSPS) is 10.4. The second-order valence-electron chi connectivity index (χ2n) is 4.44. The molecule has 0 saturated heterocycles. The number of aryl methyl sites for hydroxylation is 2. The molecular formula is C15H14BrNO. The molecule has 3 heteroatoms. The number of carbonyl (C=O) groups is 1. The Morgan fingerprint density at radius 3 is 2.28 bits per heavy atom. The SMILES string of the molecule is Cc1cc(C)cc(C(=O)c2cc(N)ccc2Br)c1. The van der Waals surface area contributed by atoms with Crippen LogP contribution in [-0.2, 0) is 0 Å². The molecule has 92 valence electrons. The van der Waals surface area contributed by atoms with E-state index in [9.17, 15) is 4.79 Å². The van der Waals surface area contributed by atoms with Crippen molar-refractivity contribution in [2.24, 2.45) is 0 Å². The first-order valence-electron chi connectivity index (χ1n) is 5.65. The number of benzene rings is 2. The smallest absolute Gasteiger partial charge is 0.194 e. The maximum Gasteiger partial charge on any atom is 0.194 e. The number of hydrogen-bond donors (Lipinski definition) is 1. The molecule has 0 atom stereocenters. The van der Waals surface area contributed by atoms with Crippen LogP contribution in [0.25, 0.3) is 0 Å². The molecule has 0 spiro atoms. The quantitative estimate of drug-likeness (QED) is 0.676. The van der Waals surface area contributed by atoms with E-state index in [0.717, 1.165) is 15.6 Å². The summed E-state index contributed by atoms with van der Waals surface area (Å²) in [4.78, 5) is 12.4. The van der Waals surface area contributed by atoms with Crippen LogP contribution in [0.5, 0.6) is 0 Å². The van der Waals surface area contributed by atoms with Crippen LogP contribution in [0.1, 0.15) is 27.0 Å². The number of carbonyl (C=O) groups excluding carboxylic acids is 1. The summed E-state index contributed by atoms with van der Waals surface area (Å²) in [5, 5.41) is 0. The van der Waals surface area contributed by atoms with Gasteiger partial charge in [0.05, 0.1) is 0 Å². The first kappa shape index (κ1) is 12.8. The molecule has 0 aliphatic carbocycles. The van der Waals surface area contributed by atoms with Crippen molar-refractivity contribution in [1.82, 2.24) is 0 Å². The Hall–Kier alpha value is -1.61. The van der Waals surface area contributed by atoms with E-state index in [1.165, 1.54) is 0 Å². The molecule has 2 aromatic rings. The van der Waals surface area contributed by atoms with Crippen molar-refractivity contribution in [3.8, 4) is 0 Å². The number of halogens is 1. The number of anilines is 1. The molecule has 0 saturated carbocycles. The fraction of sp³-hybridized carbons (Fsp3) is 0.133. The topological polar surface area (TPSA) is 43.1 Å². The number of ketones is 1. The molecule has 0 amide bonds. The first-order valence-corrected chi connectivity index (χ1v) is 6.44. The lowest BCUT2D eigenvalue weighted by molar-refractivity contribution is 0.103. The fourth-order valence-corrected chi connectivity index (χ4v) is 2.40. The summed E-state index contributed by atoms with van der Waals surface area (Å²) in [7, 11) is 0. The molecule has 2 aromatic carbocycles. The standard InChI is InChI=1S/C15H14BrNO/c1-9-5-10(2)7-11(6-9)15(18)13-8-12(17)3-4-14(13)16/h3-8H,17H2,1-2H3. The lowest BCUT2D eigenvalue weighted by atomic mass is 9.99. The predicted molar refractivity (Wildman–Crippen MR) is 77.9 cm³/mol. The third kappa shape index (κ3) is 2.62. The minimum absolute atomic E-state index is 0.0130. The van der Waals surface area contributed by atoms with E-state index >= 15 is 0 Å². The predicted octanol–water partition coefficient (Wildman–Crippen LogP) is 3.88. The average Bonchev–Trinajstić information content (AvgIpc) is 2.30. The Morgan fingerprint density at radius 1 is 1.06 bits per heavy atom. The van der Waals surface area contributed by atoms with Crippen molar-refractivity contribution in [1.29, 1.82) is 0 Å². The Bertz CT molecular complexity index is 600. The van der Waals surface area contributed by atoms with Crippen molar-refractivity contribution in [3.05, 3.63) is 63.1 Å². The highest BCUT2D eigenvalue weighted by atomic mass is 79.9. The number of nitrogen functional groups attached to an aromatic ring is 1. The van der Waals surface area contributed by atoms with E-state index in [1.54, 1.807) is 18.2 Å². The third-order valence-corrected chi connectivity index (χ3v) is 3.41. The summed E-state index contributed by atoms with van der Waals surface area (Å²) in [5.41, 5.74) is 9.77. The van der Waals surface area contributed by atoms with Gasteiger partial charge in [0.15, 0.2) is 5.78 Å². The lowest BCUT2D eigenvalue weighted by Gasteiger charge is -2.07. The second-order valence-corrected chi connectivity index (χ2v) is 5.30. The third-order valence-electron chi connectivity index (χ3n) is 2.72. The van der Waals surface area contributed by atoms with E-state index in [4.69, 9.17) is 5.73 Å². The molecule has 0 aromatic heterocycles. The number of hydrogen-bond acceptors (Lipinski definition) is 2. The van der Waals surface area contributed by atoms with Gasteiger partial charge in [0.1, 0.15) is 0 Å². The largest absolute Gasteiger partial charge is 0.399 e. The van der Waals surface area contributed by atoms with Crippen molar-refractivity contribution in [3.63, 3.8) is 0 Å². The summed E-state index contributed by atoms with van der Waals surface area (Å²) in [6.45, 7) is 3.97. The van der Waals surface area contributed by atoms with Crippen molar-refractivity contribution in [2.45, 2.75) is 13.8 Å². The van der Waals surface area contributed by atoms with Gasteiger partial charge in [0.2, 0.25) is 0 Å². The summed E-state index contributed by atoms with van der Waals surface area (Å²) in [5.74, 6) is -0.0130. The molecule has 0 heterocycles. The highest BCUT2D eigenvalue weighted by Gasteiger charge is 2.13. The molecule has 0 radical (unpaired) electrons. The Balaban J connectivity index is 2.51. The van der Waals surface area contributed by atoms with Crippen LogP contribution in [-0.4, -0.2) is 5.78 Å². The van der Waals surface area contributed by atoms with Crippen LogP contribution >= 0.6 is 15.9 Å². The maximum absolute atomic E-state index is 12.4. The molecule has 18 heavy (non-hydrogen) atoms. The minimum Gasteiger partial charge on any atom is -0.399 e. The van der Waals surface area contributed by atoms with Crippen LogP contribution in [0.3, 0.4) is 0 Å². The summed E-state index contributed by atoms with van der Waals surface area (Å²) in [6.07, 6.45) is 0. The van der Waals surface area contributed by atoms with Gasteiger partial charge in [-0.15, -0.1) is 0 Å². The van der Waals surface area contributed by atoms with Gasteiger partial charge in [-0.05, 0) is 44.2 Å². The van der Waals surface area contributed by atoms with Gasteiger partial charge in [-0.3, -0.25) is 4.79 Å². The second kappa shape index (κ2) is 4.94. The zero-order valence-electron chi connectivity index (χ0n) is 10.3. The zero-order chi connectivity index (χ0) is 13.3. The molecular weight excluding hydrogens is 290 g/mol. The molecule has 2 nitrogen and oxygen atoms in total. The first-order chi connectivity index (χ1) is 8.47. The van der Waals surface area contributed by atoms with Crippen LogP contribution in [0.15, 0.2) is 40.9 Å². The molecule has 2 rings (SSSR count). The monoisotopic (exact) mass is 303 g/mol. The van der Waals surface area contributed by atoms with Crippen molar-refractivity contribution in [2.75, 3.05) is 5.73 Å². The molecule has 0 aliphatic rings. The Kier molecular flexibility index (Phi) is 3.53. The van der Waals surface area contributed by atoms with Gasteiger partial charge in [-0.25, -0.2) is 0 Å². The van der Waals surface area contributed by atoms with Gasteiger partial charge in [-0.2, -0.15) is 0 Å². The molecule has 0 bridgehead atoms. The van der Waals surface area contributed by atoms with Crippen LogP contribution in [0.2, 0.25) is 0 Å². The molecule has 0 unspecified atom stereocenters. The maximum atomic E-state index is 12.4. The van der Waals surface area contributed by atoms with E-state index in [-0.39, 0.29) is 5.78 Å². The van der Waals surface area contributed by atoms with E-state index in [0.29, 0.717) is 16.8 Å². The number of nitrogens with two attached hydrogens (primary N) is 1. The van der Waals surface area contributed by atoms with Gasteiger partial charge in [0.25, 0.3) is 0 Å². The molecule has 0 fully saturated rings. The zero-order valence-corrected chi connectivity index (χ0v) is 11.9. The van der Waals surface area contributed by atoms with Gasteiger partial charge < -0.3 is 5.73 Å². The minimum atomic E-state index is -0.0130. The highest BCUT2D eigenvalue weighted by molar-refractivity contribution is 9.10. The molecule has 2 N–H and O–H groups in total. The van der Waals surface area contributed by atoms with Gasteiger partial charge in [0, 0.05) is 21.3 Å². The van der Waals surface area contributed by atoms with Crippen molar-refractivity contribution >= 4 is 27.4 Å². The van der Waals surface area contributed by atoms with Gasteiger partial charge >= 0.3 is 0 Å². The summed E-state index contributed by atoms with van der Waals surface area (Å²) in [6, 6.07) is 11.1. The van der Waals surface area contributed by atoms with Crippen LogP contribution in [0.4, 0.5) is 5.69 Å². The highest BCUT2D eigenvalue weighted by Crippen LogP contribution is 2.23.